The predicted octanol–water partition coefficient (Wildman–Crippen LogP) is 6.46. The fourth-order valence-corrected chi connectivity index (χ4v) is 4.37. The van der Waals surface area contributed by atoms with Crippen LogP contribution in [0.3, 0.4) is 0 Å². The Hall–Kier alpha value is -3.01. The van der Waals surface area contributed by atoms with Crippen molar-refractivity contribution in [3.05, 3.63) is 76.4 Å². The highest BCUT2D eigenvalue weighted by Gasteiger charge is 2.36. The summed E-state index contributed by atoms with van der Waals surface area (Å²) in [5.41, 5.74) is 4.25. The van der Waals surface area contributed by atoms with Gasteiger partial charge in [-0.25, -0.2) is 0 Å². The molecule has 2 aromatic rings. The molecule has 1 aliphatic rings. The second-order valence-electron chi connectivity index (χ2n) is 8.56. The molecule has 0 fully saturated rings. The second kappa shape index (κ2) is 9.86. The molecule has 0 radical (unpaired) electrons. The first kappa shape index (κ1) is 22.7. The van der Waals surface area contributed by atoms with Gasteiger partial charge in [-0.1, -0.05) is 53.6 Å². The smallest absolute Gasteiger partial charge is 0.174 e. The third-order valence-electron chi connectivity index (χ3n) is 6.17. The molecule has 3 rings (SSSR count). The van der Waals surface area contributed by atoms with E-state index >= 15 is 0 Å². The lowest BCUT2D eigenvalue weighted by atomic mass is 9.71. The summed E-state index contributed by atoms with van der Waals surface area (Å²) in [7, 11) is 1.44. The fourth-order valence-electron chi connectivity index (χ4n) is 4.37. The zero-order valence-corrected chi connectivity index (χ0v) is 18.8. The number of allylic oxidation sites excluding steroid dienone is 4. The molecule has 0 spiro atoms. The topological polar surface area (TPSA) is 66.8 Å². The van der Waals surface area contributed by atoms with Crippen molar-refractivity contribution in [2.75, 3.05) is 7.11 Å². The van der Waals surface area contributed by atoms with Gasteiger partial charge in [-0.3, -0.25) is 4.79 Å². The van der Waals surface area contributed by atoms with E-state index in [4.69, 9.17) is 4.74 Å². The number of hydrogen-bond donors (Lipinski definition) is 2. The largest absolute Gasteiger partial charge is 0.507 e. The number of rotatable bonds is 7. The SMILES string of the molecule is COc1cc(O)c(C)c(O)c1C(=O)C1CC=C(CCC=C(C)C)CC1c1ccccc1. The molecule has 2 unspecified atom stereocenters. The number of ketones is 1. The van der Waals surface area contributed by atoms with E-state index in [0.717, 1.165) is 24.8 Å². The summed E-state index contributed by atoms with van der Waals surface area (Å²) in [4.78, 5) is 13.7. The number of methoxy groups -OCH3 is 1. The Labute approximate surface area is 184 Å². The molecule has 4 nitrogen and oxygen atoms in total. The molecule has 0 bridgehead atoms. The minimum atomic E-state index is -0.307. The number of carbonyl (C=O) groups is 1. The Morgan fingerprint density at radius 1 is 1.19 bits per heavy atom. The molecule has 4 heteroatoms. The Kier molecular flexibility index (Phi) is 7.21. The molecule has 0 amide bonds. The average molecular weight is 421 g/mol. The van der Waals surface area contributed by atoms with Crippen molar-refractivity contribution in [1.29, 1.82) is 0 Å². The van der Waals surface area contributed by atoms with Crippen LogP contribution >= 0.6 is 0 Å². The summed E-state index contributed by atoms with van der Waals surface area (Å²) in [6.07, 6.45) is 7.86. The molecular weight excluding hydrogens is 388 g/mol. The molecule has 2 N–H and O–H groups in total. The Balaban J connectivity index is 1.98. The number of benzene rings is 2. The predicted molar refractivity (Wildman–Crippen MR) is 124 cm³/mol. The van der Waals surface area contributed by atoms with Gasteiger partial charge >= 0.3 is 0 Å². The summed E-state index contributed by atoms with van der Waals surface area (Å²) in [6.45, 7) is 5.81. The normalized spacial score (nSPS) is 18.3. The monoisotopic (exact) mass is 420 g/mol. The summed E-state index contributed by atoms with van der Waals surface area (Å²) in [5.74, 6) is -0.513. The Morgan fingerprint density at radius 2 is 1.90 bits per heavy atom. The van der Waals surface area contributed by atoms with Gasteiger partial charge in [0.05, 0.1) is 7.11 Å². The number of phenols is 2. The highest BCUT2D eigenvalue weighted by molar-refractivity contribution is 6.04. The third kappa shape index (κ3) is 5.01. The van der Waals surface area contributed by atoms with Gasteiger partial charge in [0.25, 0.3) is 0 Å². The van der Waals surface area contributed by atoms with E-state index in [9.17, 15) is 15.0 Å². The molecular formula is C27H32O4. The highest BCUT2D eigenvalue weighted by Crippen LogP contribution is 2.45. The molecule has 0 aromatic heterocycles. The lowest BCUT2D eigenvalue weighted by Gasteiger charge is -2.31. The van der Waals surface area contributed by atoms with Gasteiger partial charge in [-0.15, -0.1) is 0 Å². The van der Waals surface area contributed by atoms with E-state index in [1.165, 1.54) is 24.3 Å². The molecule has 2 aromatic carbocycles. The minimum absolute atomic E-state index is 0.0265. The van der Waals surface area contributed by atoms with E-state index in [-0.39, 0.29) is 46.0 Å². The zero-order chi connectivity index (χ0) is 22.5. The maximum atomic E-state index is 13.7. The lowest BCUT2D eigenvalue weighted by molar-refractivity contribution is 0.0889. The van der Waals surface area contributed by atoms with Crippen LogP contribution in [-0.4, -0.2) is 23.1 Å². The first-order valence-corrected chi connectivity index (χ1v) is 10.8. The van der Waals surface area contributed by atoms with E-state index in [1.54, 1.807) is 6.92 Å². The van der Waals surface area contributed by atoms with Crippen LogP contribution in [0, 0.1) is 12.8 Å². The summed E-state index contributed by atoms with van der Waals surface area (Å²) in [6, 6.07) is 11.5. The van der Waals surface area contributed by atoms with Gasteiger partial charge in [0, 0.05) is 17.5 Å². The number of ether oxygens (including phenoxy) is 1. The van der Waals surface area contributed by atoms with Crippen LogP contribution < -0.4 is 4.74 Å². The average Bonchev–Trinajstić information content (AvgIpc) is 2.77. The van der Waals surface area contributed by atoms with Gasteiger partial charge in [0.2, 0.25) is 0 Å². The zero-order valence-electron chi connectivity index (χ0n) is 18.8. The summed E-state index contributed by atoms with van der Waals surface area (Å²) < 4.78 is 5.35. The van der Waals surface area contributed by atoms with Crippen LogP contribution in [0.5, 0.6) is 17.2 Å². The summed E-state index contributed by atoms with van der Waals surface area (Å²) >= 11 is 0. The maximum Gasteiger partial charge on any atom is 0.174 e. The van der Waals surface area contributed by atoms with Gasteiger partial charge in [0.1, 0.15) is 22.8 Å². The van der Waals surface area contributed by atoms with E-state index in [2.05, 4.69) is 38.1 Å². The van der Waals surface area contributed by atoms with Crippen molar-refractivity contribution >= 4 is 5.78 Å². The number of Topliss-reactive ketones (excluding diaryl/α,β-unsaturated/α-hetero) is 1. The van der Waals surface area contributed by atoms with Crippen molar-refractivity contribution in [1.82, 2.24) is 0 Å². The van der Waals surface area contributed by atoms with Crippen molar-refractivity contribution in [2.45, 2.75) is 52.4 Å². The molecule has 2 atom stereocenters. The first-order chi connectivity index (χ1) is 14.8. The van der Waals surface area contributed by atoms with Gasteiger partial charge < -0.3 is 14.9 Å². The number of carbonyl (C=O) groups excluding carboxylic acids is 1. The van der Waals surface area contributed by atoms with E-state index < -0.39 is 0 Å². The van der Waals surface area contributed by atoms with Crippen LogP contribution in [-0.2, 0) is 0 Å². The van der Waals surface area contributed by atoms with E-state index in [0.29, 0.717) is 6.42 Å². The van der Waals surface area contributed by atoms with Crippen LogP contribution in [0.4, 0.5) is 0 Å². The molecule has 31 heavy (non-hydrogen) atoms. The minimum Gasteiger partial charge on any atom is -0.507 e. The van der Waals surface area contributed by atoms with Crippen molar-refractivity contribution in [3.8, 4) is 17.2 Å². The standard InChI is InChI=1S/C27H32O4/c1-17(2)9-8-10-19-13-14-21(22(15-19)20-11-6-5-7-12-20)27(30)25-24(31-4)16-23(28)18(3)26(25)29/h5-7,9,11-13,16,21-22,28-29H,8,10,14-15H2,1-4H3. The lowest BCUT2D eigenvalue weighted by Crippen LogP contribution is -2.26. The number of phenolic OH excluding ortho intramolecular Hbond substituents is 2. The second-order valence-corrected chi connectivity index (χ2v) is 8.56. The van der Waals surface area contributed by atoms with E-state index in [1.807, 2.05) is 18.2 Å². The first-order valence-electron chi connectivity index (χ1n) is 10.8. The van der Waals surface area contributed by atoms with Crippen molar-refractivity contribution in [2.24, 2.45) is 5.92 Å². The van der Waals surface area contributed by atoms with Crippen LogP contribution in [0.25, 0.3) is 0 Å². The van der Waals surface area contributed by atoms with Crippen LogP contribution in [0.15, 0.2) is 59.7 Å². The fraction of sp³-hybridized carbons (Fsp3) is 0.370. The Morgan fingerprint density at radius 3 is 2.55 bits per heavy atom. The third-order valence-corrected chi connectivity index (χ3v) is 6.17. The number of aromatic hydroxyl groups is 2. The van der Waals surface area contributed by atoms with Crippen LogP contribution in [0.2, 0.25) is 0 Å². The molecule has 0 aliphatic heterocycles. The van der Waals surface area contributed by atoms with Crippen LogP contribution in [0.1, 0.15) is 66.9 Å². The summed E-state index contributed by atoms with van der Waals surface area (Å²) in [5, 5.41) is 20.7. The Bertz CT molecular complexity index is 998. The van der Waals surface area contributed by atoms with Gasteiger partial charge in [-0.05, 0) is 57.9 Å². The van der Waals surface area contributed by atoms with Gasteiger partial charge in [0.15, 0.2) is 5.78 Å². The quantitative estimate of drug-likeness (QED) is 0.398. The molecule has 0 saturated heterocycles. The molecule has 0 heterocycles. The van der Waals surface area contributed by atoms with Crippen molar-refractivity contribution in [3.63, 3.8) is 0 Å². The highest BCUT2D eigenvalue weighted by atomic mass is 16.5. The van der Waals surface area contributed by atoms with Crippen molar-refractivity contribution < 1.29 is 19.7 Å². The van der Waals surface area contributed by atoms with Gasteiger partial charge in [-0.2, -0.15) is 0 Å². The molecule has 164 valence electrons. The molecule has 0 saturated carbocycles. The number of hydrogen-bond acceptors (Lipinski definition) is 4. The molecule has 1 aliphatic carbocycles. The maximum absolute atomic E-state index is 13.7.